The van der Waals surface area contributed by atoms with Crippen LogP contribution in [-0.4, -0.2) is 22.5 Å². The van der Waals surface area contributed by atoms with E-state index >= 15 is 0 Å². The number of aromatic nitrogens is 3. The molecule has 0 aliphatic heterocycles. The average molecular weight is 330 g/mol. The smallest absolute Gasteiger partial charge is 0.176 e. The normalized spacial score (nSPS) is 10.7. The Morgan fingerprint density at radius 2 is 1.96 bits per heavy atom. The third-order valence-electron chi connectivity index (χ3n) is 3.52. The monoisotopic (exact) mass is 330 g/mol. The number of benzene rings is 2. The number of H-pyrrole nitrogens is 1. The summed E-state index contributed by atoms with van der Waals surface area (Å²) in [5, 5.41) is 13.7. The summed E-state index contributed by atoms with van der Waals surface area (Å²) >= 11 is 0. The Hall–Kier alpha value is -2.96. The highest BCUT2D eigenvalue weighted by atomic mass is 19.1. The van der Waals surface area contributed by atoms with E-state index in [0.29, 0.717) is 17.3 Å². The summed E-state index contributed by atoms with van der Waals surface area (Å²) < 4.78 is 32.3. The number of aromatic amines is 1. The summed E-state index contributed by atoms with van der Waals surface area (Å²) in [5.41, 5.74) is 2.74. The Balaban J connectivity index is 1.84. The molecular weight excluding hydrogens is 314 g/mol. The van der Waals surface area contributed by atoms with Crippen LogP contribution in [0.3, 0.4) is 0 Å². The van der Waals surface area contributed by atoms with E-state index in [0.717, 1.165) is 17.2 Å². The molecule has 7 heteroatoms. The van der Waals surface area contributed by atoms with Gasteiger partial charge in [0.25, 0.3) is 0 Å². The van der Waals surface area contributed by atoms with Crippen LogP contribution in [0.5, 0.6) is 5.75 Å². The summed E-state index contributed by atoms with van der Waals surface area (Å²) in [5.74, 6) is -0.0496. The highest BCUT2D eigenvalue weighted by molar-refractivity contribution is 5.72. The summed E-state index contributed by atoms with van der Waals surface area (Å²) in [6.07, 6.45) is 0. The van der Waals surface area contributed by atoms with E-state index in [9.17, 15) is 8.78 Å². The molecule has 0 aliphatic carbocycles. The number of nitrogens with one attached hydrogen (secondary N) is 2. The van der Waals surface area contributed by atoms with Crippen LogP contribution >= 0.6 is 0 Å². The Morgan fingerprint density at radius 3 is 2.71 bits per heavy atom. The van der Waals surface area contributed by atoms with Crippen molar-refractivity contribution in [1.82, 2.24) is 15.4 Å². The van der Waals surface area contributed by atoms with Gasteiger partial charge in [-0.05, 0) is 42.8 Å². The molecule has 0 saturated carbocycles. The van der Waals surface area contributed by atoms with Crippen molar-refractivity contribution in [3.63, 3.8) is 0 Å². The molecule has 3 rings (SSSR count). The number of anilines is 1. The number of ether oxygens (including phenoxy) is 1. The molecule has 0 radical (unpaired) electrons. The molecule has 0 fully saturated rings. The van der Waals surface area contributed by atoms with Gasteiger partial charge in [0.1, 0.15) is 29.7 Å². The minimum Gasteiger partial charge on any atom is -0.489 e. The second-order valence-electron chi connectivity index (χ2n) is 5.33. The molecule has 0 aliphatic rings. The molecule has 0 atom stereocenters. The van der Waals surface area contributed by atoms with Crippen LogP contribution in [0.4, 0.5) is 14.6 Å². The van der Waals surface area contributed by atoms with Crippen molar-refractivity contribution in [2.24, 2.45) is 0 Å². The molecule has 2 N–H and O–H groups in total. The van der Waals surface area contributed by atoms with Gasteiger partial charge in [0, 0.05) is 24.2 Å². The lowest BCUT2D eigenvalue weighted by atomic mass is 10.1. The molecule has 5 nitrogen and oxygen atoms in total. The SMILES string of the molecule is CNc1n[nH]nc1-c1cc(C)cc(OCc2ccc(F)cc2F)c1. The molecule has 0 unspecified atom stereocenters. The van der Waals surface area contributed by atoms with Crippen LogP contribution in [0, 0.1) is 18.6 Å². The van der Waals surface area contributed by atoms with Crippen molar-refractivity contribution < 1.29 is 13.5 Å². The van der Waals surface area contributed by atoms with E-state index in [-0.39, 0.29) is 12.2 Å². The van der Waals surface area contributed by atoms with Gasteiger partial charge in [-0.3, -0.25) is 0 Å². The van der Waals surface area contributed by atoms with Crippen molar-refractivity contribution >= 4 is 5.82 Å². The number of hydrogen-bond acceptors (Lipinski definition) is 4. The Morgan fingerprint density at radius 1 is 1.12 bits per heavy atom. The lowest BCUT2D eigenvalue weighted by Gasteiger charge is -2.10. The fourth-order valence-corrected chi connectivity index (χ4v) is 2.37. The maximum atomic E-state index is 13.7. The molecule has 24 heavy (non-hydrogen) atoms. The number of aryl methyl sites for hydroxylation is 1. The lowest BCUT2D eigenvalue weighted by molar-refractivity contribution is 0.299. The first kappa shape index (κ1) is 15.9. The van der Waals surface area contributed by atoms with Crippen molar-refractivity contribution in [3.8, 4) is 17.0 Å². The number of nitrogens with zero attached hydrogens (tertiary/aromatic N) is 2. The van der Waals surface area contributed by atoms with Gasteiger partial charge in [-0.1, -0.05) is 0 Å². The molecule has 3 aromatic rings. The van der Waals surface area contributed by atoms with Gasteiger partial charge < -0.3 is 10.1 Å². The quantitative estimate of drug-likeness (QED) is 0.749. The Kier molecular flexibility index (Phi) is 4.41. The van der Waals surface area contributed by atoms with Gasteiger partial charge in [0.05, 0.1) is 0 Å². The summed E-state index contributed by atoms with van der Waals surface area (Å²) in [6.45, 7) is 1.93. The third-order valence-corrected chi connectivity index (χ3v) is 3.52. The molecule has 1 heterocycles. The second-order valence-corrected chi connectivity index (χ2v) is 5.33. The van der Waals surface area contributed by atoms with E-state index in [1.54, 1.807) is 13.1 Å². The van der Waals surface area contributed by atoms with Gasteiger partial charge in [-0.25, -0.2) is 8.78 Å². The average Bonchev–Trinajstić information content (AvgIpc) is 3.02. The fraction of sp³-hybridized carbons (Fsp3) is 0.176. The standard InChI is InChI=1S/C17H16F2N4O/c1-10-5-12(16-17(20-2)22-23-21-16)7-14(6-10)24-9-11-3-4-13(18)8-15(11)19/h3-8H,9H2,1-2H3,(H2,20,21,22,23). The van der Waals surface area contributed by atoms with Gasteiger partial charge in [0.15, 0.2) is 5.82 Å². The van der Waals surface area contributed by atoms with Crippen LogP contribution in [0.25, 0.3) is 11.3 Å². The largest absolute Gasteiger partial charge is 0.489 e. The van der Waals surface area contributed by atoms with Gasteiger partial charge in [-0.15, -0.1) is 5.10 Å². The van der Waals surface area contributed by atoms with Crippen LogP contribution in [0.1, 0.15) is 11.1 Å². The van der Waals surface area contributed by atoms with Crippen molar-refractivity contribution in [2.75, 3.05) is 12.4 Å². The molecule has 124 valence electrons. The molecule has 2 aromatic carbocycles. The maximum Gasteiger partial charge on any atom is 0.176 e. The highest BCUT2D eigenvalue weighted by Gasteiger charge is 2.11. The molecule has 0 bridgehead atoms. The van der Waals surface area contributed by atoms with E-state index in [1.807, 2.05) is 19.1 Å². The van der Waals surface area contributed by atoms with Crippen LogP contribution in [0.15, 0.2) is 36.4 Å². The predicted molar refractivity (Wildman–Crippen MR) is 86.8 cm³/mol. The molecule has 0 saturated heterocycles. The number of halogens is 2. The van der Waals surface area contributed by atoms with Crippen LogP contribution < -0.4 is 10.1 Å². The number of hydrogen-bond donors (Lipinski definition) is 2. The molecule has 1 aromatic heterocycles. The van der Waals surface area contributed by atoms with E-state index < -0.39 is 11.6 Å². The topological polar surface area (TPSA) is 62.8 Å². The fourth-order valence-electron chi connectivity index (χ4n) is 2.37. The van der Waals surface area contributed by atoms with Crippen molar-refractivity contribution in [3.05, 3.63) is 59.2 Å². The Labute approximate surface area is 137 Å². The minimum absolute atomic E-state index is 0.00665. The van der Waals surface area contributed by atoms with Gasteiger partial charge >= 0.3 is 0 Å². The van der Waals surface area contributed by atoms with Crippen molar-refractivity contribution in [1.29, 1.82) is 0 Å². The maximum absolute atomic E-state index is 13.7. The van der Waals surface area contributed by atoms with E-state index in [4.69, 9.17) is 4.74 Å². The van der Waals surface area contributed by atoms with E-state index in [1.165, 1.54) is 12.1 Å². The van der Waals surface area contributed by atoms with Crippen LogP contribution in [0.2, 0.25) is 0 Å². The lowest BCUT2D eigenvalue weighted by Crippen LogP contribution is -2.00. The van der Waals surface area contributed by atoms with Gasteiger partial charge in [-0.2, -0.15) is 10.3 Å². The zero-order chi connectivity index (χ0) is 17.1. The zero-order valence-corrected chi connectivity index (χ0v) is 13.2. The second kappa shape index (κ2) is 6.66. The minimum atomic E-state index is -0.628. The summed E-state index contributed by atoms with van der Waals surface area (Å²) in [6, 6.07) is 9.01. The first-order valence-corrected chi connectivity index (χ1v) is 7.34. The van der Waals surface area contributed by atoms with Crippen LogP contribution in [-0.2, 0) is 6.61 Å². The number of rotatable bonds is 5. The Bertz CT molecular complexity index is 864. The predicted octanol–water partition coefficient (Wildman–Crippen LogP) is 3.68. The first-order chi connectivity index (χ1) is 11.6. The molecule has 0 amide bonds. The molecule has 0 spiro atoms. The van der Waals surface area contributed by atoms with E-state index in [2.05, 4.69) is 20.7 Å². The highest BCUT2D eigenvalue weighted by Crippen LogP contribution is 2.28. The van der Waals surface area contributed by atoms with Gasteiger partial charge in [0.2, 0.25) is 0 Å². The zero-order valence-electron chi connectivity index (χ0n) is 13.2. The molecular formula is C17H16F2N4O. The van der Waals surface area contributed by atoms with Crippen molar-refractivity contribution in [2.45, 2.75) is 13.5 Å². The summed E-state index contributed by atoms with van der Waals surface area (Å²) in [7, 11) is 1.76. The third kappa shape index (κ3) is 3.34. The summed E-state index contributed by atoms with van der Waals surface area (Å²) in [4.78, 5) is 0. The first-order valence-electron chi connectivity index (χ1n) is 7.34.